The van der Waals surface area contributed by atoms with Crippen molar-refractivity contribution in [3.05, 3.63) is 77.6 Å². The summed E-state index contributed by atoms with van der Waals surface area (Å²) in [5.41, 5.74) is 3.63. The zero-order valence-corrected chi connectivity index (χ0v) is 17.9. The summed E-state index contributed by atoms with van der Waals surface area (Å²) in [5.74, 6) is 0.855. The molecule has 0 saturated heterocycles. The van der Waals surface area contributed by atoms with Gasteiger partial charge in [0, 0.05) is 28.5 Å². The maximum absolute atomic E-state index is 12.0. The third-order valence-corrected chi connectivity index (χ3v) is 6.40. The Morgan fingerprint density at radius 1 is 1.27 bits per heavy atom. The van der Waals surface area contributed by atoms with Crippen LogP contribution in [0.25, 0.3) is 0 Å². The van der Waals surface area contributed by atoms with Gasteiger partial charge in [-0.3, -0.25) is 4.98 Å². The first kappa shape index (κ1) is 20.3. The highest BCUT2D eigenvalue weighted by Crippen LogP contribution is 2.39. The van der Waals surface area contributed by atoms with Gasteiger partial charge >= 0.3 is 5.97 Å². The lowest BCUT2D eigenvalue weighted by molar-refractivity contribution is 0.0601. The molecule has 2 heterocycles. The number of esters is 1. The Morgan fingerprint density at radius 3 is 2.97 bits per heavy atom. The lowest BCUT2D eigenvalue weighted by atomic mass is 9.93. The Hall–Kier alpha value is -2.99. The van der Waals surface area contributed by atoms with Crippen molar-refractivity contribution in [2.24, 2.45) is 0 Å². The predicted octanol–water partition coefficient (Wildman–Crippen LogP) is 5.31. The quantitative estimate of drug-likeness (QED) is 0.546. The monoisotopic (exact) mass is 420 g/mol. The second-order valence-corrected chi connectivity index (χ2v) is 8.31. The molecule has 0 bridgehead atoms. The third-order valence-electron chi connectivity index (χ3n) is 5.24. The highest BCUT2D eigenvalue weighted by molar-refractivity contribution is 7.99. The summed E-state index contributed by atoms with van der Waals surface area (Å²) in [6, 6.07) is 16.5. The number of nitrogens with zero attached hydrogens (tertiary/aromatic N) is 1. The van der Waals surface area contributed by atoms with E-state index in [9.17, 15) is 4.79 Å². The predicted molar refractivity (Wildman–Crippen MR) is 119 cm³/mol. The molecule has 0 saturated carbocycles. The maximum atomic E-state index is 12.0. The molecule has 1 N–H and O–H groups in total. The molecule has 5 nitrogen and oxygen atoms in total. The molecule has 1 aliphatic heterocycles. The fourth-order valence-corrected chi connectivity index (χ4v) is 4.51. The molecule has 2 aromatic carbocycles. The van der Waals surface area contributed by atoms with Gasteiger partial charge in [-0.2, -0.15) is 0 Å². The van der Waals surface area contributed by atoms with E-state index in [1.807, 2.05) is 0 Å². The number of rotatable bonds is 6. The summed E-state index contributed by atoms with van der Waals surface area (Å²) in [6.07, 6.45) is 4.17. The van der Waals surface area contributed by atoms with Crippen molar-refractivity contribution in [1.29, 1.82) is 0 Å². The average molecular weight is 421 g/mol. The van der Waals surface area contributed by atoms with E-state index in [-0.39, 0.29) is 11.9 Å². The second-order valence-electron chi connectivity index (χ2n) is 7.19. The molecule has 30 heavy (non-hydrogen) atoms. The molecule has 3 aromatic rings. The lowest BCUT2D eigenvalue weighted by Gasteiger charge is -2.27. The minimum atomic E-state index is -0.370. The molecular weight excluding hydrogens is 396 g/mol. The number of hydrogen-bond donors (Lipinski definition) is 1. The molecule has 1 atom stereocenters. The van der Waals surface area contributed by atoms with Crippen molar-refractivity contribution in [2.75, 3.05) is 25.6 Å². The number of benzene rings is 2. The first-order chi connectivity index (χ1) is 14.7. The van der Waals surface area contributed by atoms with E-state index >= 15 is 0 Å². The number of carbonyl (C=O) groups excluding carboxylic acids is 1. The van der Waals surface area contributed by atoms with Crippen LogP contribution < -0.4 is 10.1 Å². The van der Waals surface area contributed by atoms with Gasteiger partial charge in [0.15, 0.2) is 0 Å². The molecule has 6 heteroatoms. The number of carbonyl (C=O) groups is 1. The molecule has 0 radical (unpaired) electrons. The number of nitrogens with one attached hydrogen (secondary N) is 1. The van der Waals surface area contributed by atoms with Crippen LogP contribution in [0.2, 0.25) is 0 Å². The standard InChI is InChI=1S/C24H24N2O3S/c1-16-5-3-4-6-23(16)30-18-7-8-19-17(10-12-29-22(19)13-18)14-26-21-15-25-11-9-20(21)24(27)28-2/h3-9,11,13,15,17,26H,10,12,14H2,1-2H3. The first-order valence-corrected chi connectivity index (χ1v) is 10.7. The van der Waals surface area contributed by atoms with Gasteiger partial charge in [0.25, 0.3) is 0 Å². The molecule has 1 unspecified atom stereocenters. The van der Waals surface area contributed by atoms with E-state index in [0.717, 1.165) is 17.1 Å². The lowest BCUT2D eigenvalue weighted by Crippen LogP contribution is -2.21. The van der Waals surface area contributed by atoms with Crippen molar-refractivity contribution in [3.8, 4) is 5.75 Å². The van der Waals surface area contributed by atoms with Crippen LogP contribution in [0.3, 0.4) is 0 Å². The number of hydrogen-bond acceptors (Lipinski definition) is 6. The fourth-order valence-electron chi connectivity index (χ4n) is 3.57. The minimum absolute atomic E-state index is 0.289. The number of aromatic nitrogens is 1. The van der Waals surface area contributed by atoms with Crippen LogP contribution in [-0.4, -0.2) is 31.2 Å². The van der Waals surface area contributed by atoms with Crippen molar-refractivity contribution in [2.45, 2.75) is 29.1 Å². The number of pyridine rings is 1. The summed E-state index contributed by atoms with van der Waals surface area (Å²) >= 11 is 1.75. The van der Waals surface area contributed by atoms with Gasteiger partial charge < -0.3 is 14.8 Å². The van der Waals surface area contributed by atoms with Gasteiger partial charge in [0.1, 0.15) is 5.75 Å². The first-order valence-electron chi connectivity index (χ1n) is 9.92. The van der Waals surface area contributed by atoms with Crippen LogP contribution >= 0.6 is 11.8 Å². The van der Waals surface area contributed by atoms with Crippen molar-refractivity contribution >= 4 is 23.4 Å². The van der Waals surface area contributed by atoms with E-state index < -0.39 is 0 Å². The van der Waals surface area contributed by atoms with Gasteiger partial charge in [0.05, 0.1) is 31.2 Å². The van der Waals surface area contributed by atoms with Crippen LogP contribution in [0.5, 0.6) is 5.75 Å². The summed E-state index contributed by atoms with van der Waals surface area (Å²) in [6.45, 7) is 3.49. The van der Waals surface area contributed by atoms with E-state index in [4.69, 9.17) is 9.47 Å². The van der Waals surface area contributed by atoms with E-state index in [1.54, 1.807) is 30.2 Å². The zero-order chi connectivity index (χ0) is 20.9. The van der Waals surface area contributed by atoms with Crippen LogP contribution in [0.15, 0.2) is 70.7 Å². The molecule has 0 aliphatic carbocycles. The Labute approximate surface area is 180 Å². The summed E-state index contributed by atoms with van der Waals surface area (Å²) in [7, 11) is 1.38. The number of methoxy groups -OCH3 is 1. The van der Waals surface area contributed by atoms with Crippen LogP contribution in [-0.2, 0) is 4.74 Å². The van der Waals surface area contributed by atoms with Gasteiger partial charge in [0.2, 0.25) is 0 Å². The molecule has 0 fully saturated rings. The highest BCUT2D eigenvalue weighted by Gasteiger charge is 2.23. The summed E-state index contributed by atoms with van der Waals surface area (Å²) in [4.78, 5) is 18.5. The van der Waals surface area contributed by atoms with Gasteiger partial charge in [-0.1, -0.05) is 36.0 Å². The van der Waals surface area contributed by atoms with Crippen molar-refractivity contribution in [3.63, 3.8) is 0 Å². The van der Waals surface area contributed by atoms with Gasteiger partial charge in [-0.25, -0.2) is 4.79 Å². The normalized spacial score (nSPS) is 15.1. The molecular formula is C24H24N2O3S. The molecule has 0 amide bonds. The Balaban J connectivity index is 1.50. The largest absolute Gasteiger partial charge is 0.493 e. The molecule has 154 valence electrons. The molecule has 0 spiro atoms. The molecule has 1 aliphatic rings. The van der Waals surface area contributed by atoms with E-state index in [0.29, 0.717) is 24.4 Å². The molecule has 1 aromatic heterocycles. The highest BCUT2D eigenvalue weighted by atomic mass is 32.2. The fraction of sp³-hybridized carbons (Fsp3) is 0.250. The number of anilines is 1. The van der Waals surface area contributed by atoms with Crippen LogP contribution in [0.4, 0.5) is 5.69 Å². The van der Waals surface area contributed by atoms with Crippen LogP contribution in [0, 0.1) is 6.92 Å². The van der Waals surface area contributed by atoms with Crippen molar-refractivity contribution < 1.29 is 14.3 Å². The Bertz CT molecular complexity index is 1050. The summed E-state index contributed by atoms with van der Waals surface area (Å²) < 4.78 is 10.8. The van der Waals surface area contributed by atoms with Crippen molar-refractivity contribution in [1.82, 2.24) is 4.98 Å². The topological polar surface area (TPSA) is 60.5 Å². The minimum Gasteiger partial charge on any atom is -0.493 e. The Kier molecular flexibility index (Phi) is 6.23. The van der Waals surface area contributed by atoms with E-state index in [2.05, 4.69) is 59.7 Å². The van der Waals surface area contributed by atoms with E-state index in [1.165, 1.54) is 23.1 Å². The third kappa shape index (κ3) is 4.44. The smallest absolute Gasteiger partial charge is 0.340 e. The number of ether oxygens (including phenoxy) is 2. The number of aryl methyl sites for hydroxylation is 1. The number of fused-ring (bicyclic) bond motifs is 1. The summed E-state index contributed by atoms with van der Waals surface area (Å²) in [5, 5.41) is 3.38. The molecule has 4 rings (SSSR count). The van der Waals surface area contributed by atoms with Crippen LogP contribution in [0.1, 0.15) is 33.8 Å². The van der Waals surface area contributed by atoms with Gasteiger partial charge in [-0.15, -0.1) is 0 Å². The second kappa shape index (κ2) is 9.22. The average Bonchev–Trinajstić information content (AvgIpc) is 2.78. The maximum Gasteiger partial charge on any atom is 0.340 e. The van der Waals surface area contributed by atoms with Gasteiger partial charge in [-0.05, 0) is 48.7 Å². The Morgan fingerprint density at radius 2 is 2.13 bits per heavy atom. The zero-order valence-electron chi connectivity index (χ0n) is 17.1. The SMILES string of the molecule is COC(=O)c1ccncc1NCC1CCOc2cc(Sc3ccccc3C)ccc21.